The van der Waals surface area contributed by atoms with Crippen molar-refractivity contribution >= 4 is 0 Å². The number of nitrogens with zero attached hydrogens (tertiary/aromatic N) is 1. The highest BCUT2D eigenvalue weighted by molar-refractivity contribution is 5.61. The molecule has 0 amide bonds. The van der Waals surface area contributed by atoms with Gasteiger partial charge < -0.3 is 10.3 Å². The lowest BCUT2D eigenvalue weighted by molar-refractivity contribution is 0.399. The quantitative estimate of drug-likeness (QED) is 0.793. The van der Waals surface area contributed by atoms with Crippen LogP contribution in [0.15, 0.2) is 28.8 Å². The van der Waals surface area contributed by atoms with Crippen molar-refractivity contribution in [1.29, 1.82) is 0 Å². The molecule has 0 radical (unpaired) electrons. The molecule has 2 aromatic rings. The van der Waals surface area contributed by atoms with Gasteiger partial charge in [0, 0.05) is 17.7 Å². The van der Waals surface area contributed by atoms with E-state index >= 15 is 0 Å². The fraction of sp³-hybridized carbons (Fsp3) is 0.308. The van der Waals surface area contributed by atoms with Crippen LogP contribution in [0.1, 0.15) is 29.3 Å². The number of rotatable bonds is 1. The molecule has 82 valence electrons. The first-order chi connectivity index (χ1) is 7.74. The van der Waals surface area contributed by atoms with Gasteiger partial charge in [0.1, 0.15) is 11.5 Å². The Bertz CT molecular complexity index is 530. The number of nitrogens with two attached hydrogens (primary N) is 1. The van der Waals surface area contributed by atoms with Crippen LogP contribution in [0.5, 0.6) is 0 Å². The Morgan fingerprint density at radius 3 is 3.00 bits per heavy atom. The average molecular weight is 214 g/mol. The Balaban J connectivity index is 2.05. The summed E-state index contributed by atoms with van der Waals surface area (Å²) in [4.78, 5) is 0. The van der Waals surface area contributed by atoms with Crippen molar-refractivity contribution in [3.8, 4) is 11.3 Å². The molecule has 0 saturated heterocycles. The summed E-state index contributed by atoms with van der Waals surface area (Å²) < 4.78 is 5.08. The maximum absolute atomic E-state index is 6.01. The maximum atomic E-state index is 6.01. The Labute approximate surface area is 94.2 Å². The molecule has 0 spiro atoms. The zero-order chi connectivity index (χ0) is 11.1. The number of aromatic nitrogens is 1. The molecule has 1 aliphatic rings. The highest BCUT2D eigenvalue weighted by atomic mass is 16.5. The van der Waals surface area contributed by atoms with E-state index in [4.69, 9.17) is 10.3 Å². The zero-order valence-electron chi connectivity index (χ0n) is 9.23. The highest BCUT2D eigenvalue weighted by Gasteiger charge is 2.19. The van der Waals surface area contributed by atoms with Gasteiger partial charge >= 0.3 is 0 Å². The van der Waals surface area contributed by atoms with E-state index in [-0.39, 0.29) is 6.04 Å². The lowest BCUT2D eigenvalue weighted by atomic mass is 10.0. The molecule has 1 atom stereocenters. The van der Waals surface area contributed by atoms with Crippen LogP contribution in [0.25, 0.3) is 11.3 Å². The molecule has 3 rings (SSSR count). The van der Waals surface area contributed by atoms with Crippen molar-refractivity contribution in [3.63, 3.8) is 0 Å². The number of benzene rings is 1. The van der Waals surface area contributed by atoms with Gasteiger partial charge in [-0.3, -0.25) is 0 Å². The Morgan fingerprint density at radius 2 is 2.25 bits per heavy atom. The molecule has 1 aromatic heterocycles. The standard InChI is InChI=1S/C13H14N2O/c1-8-6-13(15-16-8)10-2-4-11-9(7-10)3-5-12(11)14/h2,4,6-7,12H,3,5,14H2,1H3. The summed E-state index contributed by atoms with van der Waals surface area (Å²) in [5.74, 6) is 0.840. The van der Waals surface area contributed by atoms with Gasteiger partial charge in [0.15, 0.2) is 0 Å². The van der Waals surface area contributed by atoms with E-state index in [0.29, 0.717) is 0 Å². The lowest BCUT2D eigenvalue weighted by Gasteiger charge is -2.05. The minimum absolute atomic E-state index is 0.211. The summed E-state index contributed by atoms with van der Waals surface area (Å²) in [6.45, 7) is 1.90. The predicted octanol–water partition coefficient (Wildman–Crippen LogP) is 2.60. The third kappa shape index (κ3) is 1.44. The normalized spacial score (nSPS) is 18.8. The van der Waals surface area contributed by atoms with Crippen LogP contribution in [-0.4, -0.2) is 5.16 Å². The average Bonchev–Trinajstić information content (AvgIpc) is 2.86. The van der Waals surface area contributed by atoms with E-state index in [0.717, 1.165) is 29.9 Å². The first-order valence-electron chi connectivity index (χ1n) is 5.56. The van der Waals surface area contributed by atoms with Gasteiger partial charge in [-0.25, -0.2) is 0 Å². The minimum Gasteiger partial charge on any atom is -0.361 e. The molecule has 1 aromatic carbocycles. The second-order valence-electron chi connectivity index (χ2n) is 4.38. The van der Waals surface area contributed by atoms with Crippen LogP contribution in [0.2, 0.25) is 0 Å². The van der Waals surface area contributed by atoms with Gasteiger partial charge in [-0.2, -0.15) is 0 Å². The molecule has 1 aliphatic carbocycles. The Hall–Kier alpha value is -1.61. The second kappa shape index (κ2) is 3.46. The van der Waals surface area contributed by atoms with E-state index in [1.54, 1.807) is 0 Å². The van der Waals surface area contributed by atoms with E-state index in [1.165, 1.54) is 11.1 Å². The highest BCUT2D eigenvalue weighted by Crippen LogP contribution is 2.32. The van der Waals surface area contributed by atoms with Crippen molar-refractivity contribution in [2.45, 2.75) is 25.8 Å². The monoisotopic (exact) mass is 214 g/mol. The fourth-order valence-corrected chi connectivity index (χ4v) is 2.31. The molecule has 2 N–H and O–H groups in total. The Morgan fingerprint density at radius 1 is 1.38 bits per heavy atom. The predicted molar refractivity (Wildman–Crippen MR) is 61.9 cm³/mol. The van der Waals surface area contributed by atoms with Gasteiger partial charge in [0.2, 0.25) is 0 Å². The third-order valence-electron chi connectivity index (χ3n) is 3.19. The van der Waals surface area contributed by atoms with Gasteiger partial charge in [0.25, 0.3) is 0 Å². The topological polar surface area (TPSA) is 52.0 Å². The van der Waals surface area contributed by atoms with Gasteiger partial charge in [-0.1, -0.05) is 17.3 Å². The van der Waals surface area contributed by atoms with E-state index in [2.05, 4.69) is 23.4 Å². The Kier molecular flexibility index (Phi) is 2.07. The summed E-state index contributed by atoms with van der Waals surface area (Å²) in [5.41, 5.74) is 10.7. The van der Waals surface area contributed by atoms with Crippen molar-refractivity contribution in [2.24, 2.45) is 5.73 Å². The lowest BCUT2D eigenvalue weighted by Crippen LogP contribution is -2.04. The first kappa shape index (κ1) is 9.60. The molecule has 0 aliphatic heterocycles. The number of fused-ring (bicyclic) bond motifs is 1. The summed E-state index contributed by atoms with van der Waals surface area (Å²) in [5, 5.41) is 4.02. The van der Waals surface area contributed by atoms with Crippen LogP contribution in [0.3, 0.4) is 0 Å². The first-order valence-corrected chi connectivity index (χ1v) is 5.56. The summed E-state index contributed by atoms with van der Waals surface area (Å²) in [6, 6.07) is 8.53. The SMILES string of the molecule is Cc1cc(-c2ccc3c(c2)CCC3N)no1. The molecule has 1 heterocycles. The summed E-state index contributed by atoms with van der Waals surface area (Å²) in [7, 11) is 0. The zero-order valence-corrected chi connectivity index (χ0v) is 9.23. The van der Waals surface area contributed by atoms with Gasteiger partial charge in [-0.05, 0) is 37.0 Å². The number of hydrogen-bond donors (Lipinski definition) is 1. The largest absolute Gasteiger partial charge is 0.361 e. The molecule has 0 fully saturated rings. The molecular weight excluding hydrogens is 200 g/mol. The van der Waals surface area contributed by atoms with Crippen LogP contribution < -0.4 is 5.73 Å². The molecule has 16 heavy (non-hydrogen) atoms. The van der Waals surface area contributed by atoms with Gasteiger partial charge in [0.05, 0.1) is 0 Å². The van der Waals surface area contributed by atoms with E-state index in [1.807, 2.05) is 13.0 Å². The van der Waals surface area contributed by atoms with Gasteiger partial charge in [-0.15, -0.1) is 0 Å². The molecule has 3 heteroatoms. The molecular formula is C13H14N2O. The third-order valence-corrected chi connectivity index (χ3v) is 3.19. The van der Waals surface area contributed by atoms with Crippen molar-refractivity contribution in [3.05, 3.63) is 41.2 Å². The van der Waals surface area contributed by atoms with Crippen LogP contribution in [0.4, 0.5) is 0 Å². The van der Waals surface area contributed by atoms with Crippen LogP contribution >= 0.6 is 0 Å². The van der Waals surface area contributed by atoms with Crippen molar-refractivity contribution in [2.75, 3.05) is 0 Å². The summed E-state index contributed by atoms with van der Waals surface area (Å²) >= 11 is 0. The molecule has 0 saturated carbocycles. The second-order valence-corrected chi connectivity index (χ2v) is 4.38. The van der Waals surface area contributed by atoms with Crippen LogP contribution in [-0.2, 0) is 6.42 Å². The van der Waals surface area contributed by atoms with Crippen molar-refractivity contribution in [1.82, 2.24) is 5.16 Å². The number of hydrogen-bond acceptors (Lipinski definition) is 3. The van der Waals surface area contributed by atoms with Crippen molar-refractivity contribution < 1.29 is 4.52 Å². The summed E-state index contributed by atoms with van der Waals surface area (Å²) in [6.07, 6.45) is 2.12. The maximum Gasteiger partial charge on any atom is 0.134 e. The van der Waals surface area contributed by atoms with E-state index in [9.17, 15) is 0 Å². The molecule has 3 nitrogen and oxygen atoms in total. The fourth-order valence-electron chi connectivity index (χ4n) is 2.31. The molecule has 1 unspecified atom stereocenters. The number of aryl methyl sites for hydroxylation is 2. The molecule has 0 bridgehead atoms. The van der Waals surface area contributed by atoms with E-state index < -0.39 is 0 Å². The minimum atomic E-state index is 0.211. The smallest absolute Gasteiger partial charge is 0.134 e. The van der Waals surface area contributed by atoms with Crippen LogP contribution in [0, 0.1) is 6.92 Å².